The molecule has 0 aliphatic heterocycles. The van der Waals surface area contributed by atoms with Crippen molar-refractivity contribution in [3.63, 3.8) is 0 Å². The Morgan fingerprint density at radius 3 is 2.11 bits per heavy atom. The van der Waals surface area contributed by atoms with Crippen LogP contribution in [0.3, 0.4) is 0 Å². The van der Waals surface area contributed by atoms with Gasteiger partial charge in [-0.3, -0.25) is 4.98 Å². The first-order valence-corrected chi connectivity index (χ1v) is 16.7. The highest BCUT2D eigenvalue weighted by Crippen LogP contribution is 2.48. The topological polar surface area (TPSA) is 140 Å². The Morgan fingerprint density at radius 2 is 1.50 bits per heavy atom. The zero-order valence-corrected chi connectivity index (χ0v) is 25.4. The van der Waals surface area contributed by atoms with Gasteiger partial charge in [0.05, 0.1) is 39.0 Å². The highest BCUT2D eigenvalue weighted by Gasteiger charge is 2.37. The Kier molecular flexibility index (Phi) is 6.35. The number of hydrogen-bond donors (Lipinski definition) is 5. The summed E-state index contributed by atoms with van der Waals surface area (Å²) in [6, 6.07) is 19.3. The van der Waals surface area contributed by atoms with Crippen LogP contribution in [-0.2, 0) is 10.0 Å². The zero-order valence-electron chi connectivity index (χ0n) is 24.6. The summed E-state index contributed by atoms with van der Waals surface area (Å²) in [7, 11) is -3.80. The van der Waals surface area contributed by atoms with E-state index in [0.717, 1.165) is 57.1 Å². The van der Waals surface area contributed by atoms with Crippen molar-refractivity contribution in [3.05, 3.63) is 83.7 Å². The van der Waals surface area contributed by atoms with Gasteiger partial charge in [0, 0.05) is 35.1 Å². The fourth-order valence-electron chi connectivity index (χ4n) is 6.32. The van der Waals surface area contributed by atoms with Crippen LogP contribution in [0, 0.1) is 5.92 Å². The fourth-order valence-corrected chi connectivity index (χ4v) is 7.77. The Balaban J connectivity index is 1.28. The average Bonchev–Trinajstić information content (AvgIpc) is 3.52. The molecule has 2 aliphatic carbocycles. The van der Waals surface area contributed by atoms with E-state index in [9.17, 15) is 8.42 Å². The Morgan fingerprint density at radius 1 is 0.864 bits per heavy atom. The summed E-state index contributed by atoms with van der Waals surface area (Å²) in [5, 5.41) is 8.77. The van der Waals surface area contributed by atoms with Crippen LogP contribution in [0.1, 0.15) is 67.9 Å². The maximum Gasteiger partial charge on any atom is 0.241 e. The summed E-state index contributed by atoms with van der Waals surface area (Å²) in [6.45, 7) is 4.36. The van der Waals surface area contributed by atoms with Gasteiger partial charge in [-0.2, -0.15) is 0 Å². The van der Waals surface area contributed by atoms with E-state index in [1.54, 1.807) is 0 Å². The minimum absolute atomic E-state index is 0.163. The number of aromatic amines is 2. The molecule has 0 saturated heterocycles. The first-order chi connectivity index (χ1) is 21.3. The van der Waals surface area contributed by atoms with Gasteiger partial charge in [-0.1, -0.05) is 38.1 Å². The third-order valence-electron chi connectivity index (χ3n) is 8.64. The number of pyridine rings is 1. The molecule has 3 aromatic carbocycles. The molecule has 3 aromatic heterocycles. The third kappa shape index (κ3) is 4.86. The third-order valence-corrected chi connectivity index (χ3v) is 10.1. The summed E-state index contributed by atoms with van der Waals surface area (Å²) >= 11 is 0. The zero-order chi connectivity index (χ0) is 30.0. The normalized spacial score (nSPS) is 18.4. The second-order valence-electron chi connectivity index (χ2n) is 12.4. The van der Waals surface area contributed by atoms with Crippen LogP contribution in [-0.4, -0.2) is 39.9 Å². The van der Waals surface area contributed by atoms with Crippen LogP contribution in [0.15, 0.2) is 71.8 Å². The molecule has 0 radical (unpaired) electrons. The quantitative estimate of drug-likeness (QED) is 0.126. The van der Waals surface area contributed by atoms with Crippen LogP contribution in [0.2, 0.25) is 0 Å². The molecule has 11 heteroatoms. The summed E-state index contributed by atoms with van der Waals surface area (Å²) in [5.41, 5.74) is 6.49. The molecule has 1 fully saturated rings. The predicted octanol–water partition coefficient (Wildman–Crippen LogP) is 6.51. The smallest absolute Gasteiger partial charge is 0.241 e. The first kappa shape index (κ1) is 27.1. The summed E-state index contributed by atoms with van der Waals surface area (Å²) in [6.07, 6.45) is 4.68. The number of anilines is 2. The average molecular weight is 607 g/mol. The number of aromatic nitrogens is 5. The van der Waals surface area contributed by atoms with Gasteiger partial charge in [0.15, 0.2) is 0 Å². The van der Waals surface area contributed by atoms with E-state index in [-0.39, 0.29) is 22.9 Å². The molecule has 2 atom stereocenters. The Hall–Kier alpha value is -4.48. The molecule has 0 unspecified atom stereocenters. The van der Waals surface area contributed by atoms with Gasteiger partial charge in [-0.25, -0.2) is 23.1 Å². The SMILES string of the molecule is CC(C)CNS(=O)(=O)c1cc2c(c3cnc(C4CC4)cc13)[C@H](Nc1nc3ccccc3[nH]1)C[C@H]2Nc1nc2ccccc2[nH]1. The fraction of sp³-hybridized carbons (Fsp3) is 0.303. The largest absolute Gasteiger partial charge is 0.349 e. The van der Waals surface area contributed by atoms with Crippen molar-refractivity contribution in [2.24, 2.45) is 5.92 Å². The van der Waals surface area contributed by atoms with Crippen LogP contribution in [0.25, 0.3) is 32.8 Å². The van der Waals surface area contributed by atoms with E-state index in [1.165, 1.54) is 0 Å². The molecular weight excluding hydrogens is 572 g/mol. The van der Waals surface area contributed by atoms with E-state index in [2.05, 4.69) is 25.3 Å². The van der Waals surface area contributed by atoms with E-state index < -0.39 is 10.0 Å². The van der Waals surface area contributed by atoms with Crippen molar-refractivity contribution in [2.75, 3.05) is 17.2 Å². The van der Waals surface area contributed by atoms with Gasteiger partial charge in [0.2, 0.25) is 21.9 Å². The van der Waals surface area contributed by atoms with Crippen molar-refractivity contribution < 1.29 is 8.42 Å². The highest BCUT2D eigenvalue weighted by molar-refractivity contribution is 7.89. The summed E-state index contributed by atoms with van der Waals surface area (Å²) in [4.78, 5) is 21.5. The molecule has 0 spiro atoms. The van der Waals surface area contributed by atoms with E-state index in [0.29, 0.717) is 36.2 Å². The van der Waals surface area contributed by atoms with Crippen LogP contribution in [0.5, 0.6) is 0 Å². The monoisotopic (exact) mass is 606 g/mol. The van der Waals surface area contributed by atoms with Crippen molar-refractivity contribution in [3.8, 4) is 0 Å². The number of para-hydroxylation sites is 4. The molecular formula is C33H34N8O2S. The molecule has 44 heavy (non-hydrogen) atoms. The number of H-pyrrole nitrogens is 2. The van der Waals surface area contributed by atoms with Gasteiger partial charge in [0.1, 0.15) is 0 Å². The predicted molar refractivity (Wildman–Crippen MR) is 173 cm³/mol. The molecule has 224 valence electrons. The summed E-state index contributed by atoms with van der Waals surface area (Å²) < 4.78 is 30.7. The number of nitrogens with zero attached hydrogens (tertiary/aromatic N) is 3. The molecule has 6 aromatic rings. The van der Waals surface area contributed by atoms with E-state index in [4.69, 9.17) is 15.0 Å². The molecule has 3 heterocycles. The van der Waals surface area contributed by atoms with Crippen LogP contribution in [0.4, 0.5) is 11.9 Å². The molecule has 2 aliphatic rings. The van der Waals surface area contributed by atoms with Crippen molar-refractivity contribution >= 4 is 54.8 Å². The van der Waals surface area contributed by atoms with Gasteiger partial charge in [-0.15, -0.1) is 0 Å². The standard InChI is InChI=1S/C33H34N8O2S/c1-18(2)16-35-44(42,43)30-14-21-28(40-32-36-23-7-3-4-8-24(23)37-32)15-29(41-33-38-25-9-5-6-10-26(25)39-33)31(21)22-17-34-27(13-20(22)30)19-11-12-19/h3-10,13-14,17-19,28-29,35H,11-12,15-16H2,1-2H3,(H2,36,37,40)(H2,38,39,41)/t28-,29-/m1/s1. The number of sulfonamides is 1. The highest BCUT2D eigenvalue weighted by atomic mass is 32.2. The lowest BCUT2D eigenvalue weighted by Crippen LogP contribution is -2.28. The lowest BCUT2D eigenvalue weighted by molar-refractivity contribution is 0.561. The number of nitrogens with one attached hydrogen (secondary N) is 5. The maximum absolute atomic E-state index is 13.9. The van der Waals surface area contributed by atoms with E-state index in [1.807, 2.05) is 80.7 Å². The molecule has 5 N–H and O–H groups in total. The molecule has 0 amide bonds. The number of hydrogen-bond acceptors (Lipinski definition) is 7. The van der Waals surface area contributed by atoms with Gasteiger partial charge >= 0.3 is 0 Å². The van der Waals surface area contributed by atoms with Gasteiger partial charge < -0.3 is 20.6 Å². The number of imidazole rings is 2. The number of rotatable bonds is 9. The van der Waals surface area contributed by atoms with E-state index >= 15 is 0 Å². The van der Waals surface area contributed by atoms with Crippen LogP contribution >= 0.6 is 0 Å². The summed E-state index contributed by atoms with van der Waals surface area (Å²) in [5.74, 6) is 1.86. The Bertz CT molecular complexity index is 2080. The molecule has 0 bridgehead atoms. The maximum atomic E-state index is 13.9. The number of fused-ring (bicyclic) bond motifs is 5. The van der Waals surface area contributed by atoms with Crippen molar-refractivity contribution in [1.29, 1.82) is 0 Å². The van der Waals surface area contributed by atoms with Gasteiger partial charge in [0.25, 0.3) is 0 Å². The van der Waals surface area contributed by atoms with Crippen molar-refractivity contribution in [2.45, 2.75) is 56.0 Å². The van der Waals surface area contributed by atoms with Gasteiger partial charge in [-0.05, 0) is 72.7 Å². The second kappa shape index (κ2) is 10.3. The number of benzene rings is 3. The van der Waals surface area contributed by atoms with Crippen LogP contribution < -0.4 is 15.4 Å². The lowest BCUT2D eigenvalue weighted by atomic mass is 9.98. The minimum Gasteiger partial charge on any atom is -0.349 e. The second-order valence-corrected chi connectivity index (χ2v) is 14.1. The first-order valence-electron chi connectivity index (χ1n) is 15.2. The minimum atomic E-state index is -3.80. The lowest BCUT2D eigenvalue weighted by Gasteiger charge is -2.19. The van der Waals surface area contributed by atoms with Crippen molar-refractivity contribution in [1.82, 2.24) is 29.6 Å². The molecule has 8 rings (SSSR count). The molecule has 10 nitrogen and oxygen atoms in total. The molecule has 1 saturated carbocycles. The Labute approximate surface area is 255 Å².